The van der Waals surface area contributed by atoms with E-state index in [9.17, 15) is 4.79 Å². The van der Waals surface area contributed by atoms with Gasteiger partial charge in [0, 0.05) is 19.2 Å². The van der Waals surface area contributed by atoms with Crippen LogP contribution in [0.3, 0.4) is 0 Å². The molecule has 2 N–H and O–H groups in total. The molecule has 0 spiro atoms. The van der Waals surface area contributed by atoms with Gasteiger partial charge in [-0.05, 0) is 55.5 Å². The van der Waals surface area contributed by atoms with Gasteiger partial charge in [0.2, 0.25) is 0 Å². The molecule has 0 unspecified atom stereocenters. The van der Waals surface area contributed by atoms with Crippen molar-refractivity contribution in [3.05, 3.63) is 54.2 Å². The second-order valence-electron chi connectivity index (χ2n) is 5.59. The second-order valence-corrected chi connectivity index (χ2v) is 5.59. The fourth-order valence-corrected chi connectivity index (χ4v) is 2.28. The zero-order valence-corrected chi connectivity index (χ0v) is 13.8. The normalized spacial score (nSPS) is 10.3. The van der Waals surface area contributed by atoms with Crippen LogP contribution in [0.15, 0.2) is 48.7 Å². The lowest BCUT2D eigenvalue weighted by atomic mass is 10.1. The molecule has 128 valence electrons. The lowest BCUT2D eigenvalue weighted by Gasteiger charge is -2.08. The Kier molecular flexibility index (Phi) is 7.60. The molecule has 0 saturated heterocycles. The average molecular weight is 328 g/mol. The molecule has 24 heavy (non-hydrogen) atoms. The van der Waals surface area contributed by atoms with E-state index in [-0.39, 0.29) is 6.42 Å². The molecule has 2 rings (SSSR count). The third-order valence-corrected chi connectivity index (χ3v) is 3.61. The van der Waals surface area contributed by atoms with Crippen molar-refractivity contribution in [2.45, 2.75) is 32.1 Å². The van der Waals surface area contributed by atoms with Gasteiger partial charge in [-0.15, -0.1) is 0 Å². The number of carboxylic acid groups (broad SMARTS) is 1. The molecule has 0 radical (unpaired) electrons. The number of aliphatic carboxylic acids is 1. The minimum absolute atomic E-state index is 0.159. The Labute approximate surface area is 142 Å². The van der Waals surface area contributed by atoms with Crippen LogP contribution in [-0.4, -0.2) is 29.2 Å². The highest BCUT2D eigenvalue weighted by molar-refractivity contribution is 5.67. The van der Waals surface area contributed by atoms with Crippen LogP contribution in [0.2, 0.25) is 0 Å². The van der Waals surface area contributed by atoms with Crippen molar-refractivity contribution in [2.24, 2.45) is 0 Å². The average Bonchev–Trinajstić information content (AvgIpc) is 2.61. The summed E-state index contributed by atoms with van der Waals surface area (Å²) in [7, 11) is 0. The number of aromatic nitrogens is 1. The van der Waals surface area contributed by atoms with E-state index in [2.05, 4.69) is 10.3 Å². The number of anilines is 1. The van der Waals surface area contributed by atoms with Gasteiger partial charge in [-0.2, -0.15) is 0 Å². The van der Waals surface area contributed by atoms with Crippen LogP contribution in [0.1, 0.15) is 31.2 Å². The van der Waals surface area contributed by atoms with Crippen molar-refractivity contribution in [3.8, 4) is 5.75 Å². The molecule has 0 bridgehead atoms. The minimum atomic E-state index is -0.770. The maximum atomic E-state index is 10.5. The number of carbonyl (C=O) groups is 1. The second kappa shape index (κ2) is 10.3. The van der Waals surface area contributed by atoms with E-state index in [1.165, 1.54) is 0 Å². The lowest BCUT2D eigenvalue weighted by Crippen LogP contribution is -2.04. The van der Waals surface area contributed by atoms with E-state index in [1.807, 2.05) is 42.5 Å². The van der Waals surface area contributed by atoms with Crippen molar-refractivity contribution in [2.75, 3.05) is 18.5 Å². The highest BCUT2D eigenvalue weighted by atomic mass is 16.5. The molecule has 5 nitrogen and oxygen atoms in total. The number of hydrogen-bond acceptors (Lipinski definition) is 4. The smallest absolute Gasteiger partial charge is 0.303 e. The van der Waals surface area contributed by atoms with Crippen LogP contribution < -0.4 is 10.1 Å². The van der Waals surface area contributed by atoms with Gasteiger partial charge in [-0.1, -0.05) is 18.2 Å². The summed E-state index contributed by atoms with van der Waals surface area (Å²) in [5, 5.41) is 12.0. The van der Waals surface area contributed by atoms with E-state index in [0.717, 1.165) is 42.9 Å². The number of ether oxygens (including phenoxy) is 1. The lowest BCUT2D eigenvalue weighted by molar-refractivity contribution is -0.136. The first-order chi connectivity index (χ1) is 11.7. The predicted octanol–water partition coefficient (Wildman–Crippen LogP) is 3.76. The summed E-state index contributed by atoms with van der Waals surface area (Å²) >= 11 is 0. The standard InChI is InChI=1S/C19H24N2O3/c22-19(23)12-9-16-7-10-17(11-8-16)24-15-5-1-3-13-20-18-6-2-4-14-21-18/h2,4,6-8,10-11,14H,1,3,5,9,12-13,15H2,(H,20,21)(H,22,23). The largest absolute Gasteiger partial charge is 0.494 e. The first kappa shape index (κ1) is 17.8. The summed E-state index contributed by atoms with van der Waals surface area (Å²) in [6.07, 6.45) is 5.67. The Balaban J connectivity index is 1.53. The highest BCUT2D eigenvalue weighted by Gasteiger charge is 2.00. The molecule has 0 atom stereocenters. The summed E-state index contributed by atoms with van der Waals surface area (Å²) in [6, 6.07) is 13.5. The van der Waals surface area contributed by atoms with Gasteiger partial charge in [0.15, 0.2) is 0 Å². The molecule has 0 aliphatic carbocycles. The number of rotatable bonds is 11. The van der Waals surface area contributed by atoms with Gasteiger partial charge < -0.3 is 15.2 Å². The number of aryl methyl sites for hydroxylation is 1. The Bertz CT molecular complexity index is 600. The molecule has 5 heteroatoms. The van der Waals surface area contributed by atoms with Gasteiger partial charge >= 0.3 is 5.97 Å². The zero-order valence-electron chi connectivity index (χ0n) is 13.8. The Morgan fingerprint density at radius 1 is 1.08 bits per heavy atom. The monoisotopic (exact) mass is 328 g/mol. The highest BCUT2D eigenvalue weighted by Crippen LogP contribution is 2.14. The number of nitrogens with one attached hydrogen (secondary N) is 1. The summed E-state index contributed by atoms with van der Waals surface area (Å²) in [6.45, 7) is 1.60. The molecule has 0 fully saturated rings. The van der Waals surface area contributed by atoms with E-state index in [1.54, 1.807) is 6.20 Å². The van der Waals surface area contributed by atoms with Crippen molar-refractivity contribution in [3.63, 3.8) is 0 Å². The molecule has 0 aliphatic heterocycles. The van der Waals surface area contributed by atoms with Crippen molar-refractivity contribution in [1.29, 1.82) is 0 Å². The number of pyridine rings is 1. The van der Waals surface area contributed by atoms with Crippen molar-refractivity contribution in [1.82, 2.24) is 4.98 Å². The van der Waals surface area contributed by atoms with Gasteiger partial charge in [-0.3, -0.25) is 4.79 Å². The SMILES string of the molecule is O=C(O)CCc1ccc(OCCCCCNc2ccccn2)cc1. The van der Waals surface area contributed by atoms with Crippen LogP contribution >= 0.6 is 0 Å². The molecule has 1 aromatic carbocycles. The molecule has 0 aliphatic rings. The van der Waals surface area contributed by atoms with E-state index >= 15 is 0 Å². The third-order valence-electron chi connectivity index (χ3n) is 3.61. The summed E-state index contributed by atoms with van der Waals surface area (Å²) in [5.41, 5.74) is 1.02. The number of hydrogen-bond donors (Lipinski definition) is 2. The van der Waals surface area contributed by atoms with E-state index < -0.39 is 5.97 Å². The van der Waals surface area contributed by atoms with Gasteiger partial charge in [-0.25, -0.2) is 4.98 Å². The Morgan fingerprint density at radius 3 is 2.62 bits per heavy atom. The summed E-state index contributed by atoms with van der Waals surface area (Å²) < 4.78 is 5.70. The summed E-state index contributed by atoms with van der Waals surface area (Å²) in [5.74, 6) is 0.977. The maximum absolute atomic E-state index is 10.5. The minimum Gasteiger partial charge on any atom is -0.494 e. The molecule has 1 heterocycles. The van der Waals surface area contributed by atoms with Crippen molar-refractivity contribution >= 4 is 11.8 Å². The van der Waals surface area contributed by atoms with Crippen LogP contribution in [0.4, 0.5) is 5.82 Å². The number of unbranched alkanes of at least 4 members (excludes halogenated alkanes) is 2. The van der Waals surface area contributed by atoms with Gasteiger partial charge in [0.05, 0.1) is 6.61 Å². The zero-order chi connectivity index (χ0) is 17.0. The fraction of sp³-hybridized carbons (Fsp3) is 0.368. The molecule has 0 saturated carbocycles. The van der Waals surface area contributed by atoms with Crippen LogP contribution in [0, 0.1) is 0 Å². The fourth-order valence-electron chi connectivity index (χ4n) is 2.28. The van der Waals surface area contributed by atoms with Crippen LogP contribution in [-0.2, 0) is 11.2 Å². The molecule has 1 aromatic heterocycles. The number of benzene rings is 1. The van der Waals surface area contributed by atoms with Gasteiger partial charge in [0.1, 0.15) is 11.6 Å². The van der Waals surface area contributed by atoms with E-state index in [0.29, 0.717) is 13.0 Å². The van der Waals surface area contributed by atoms with Crippen LogP contribution in [0.5, 0.6) is 5.75 Å². The molecule has 2 aromatic rings. The topological polar surface area (TPSA) is 71.5 Å². The number of nitrogens with zero attached hydrogens (tertiary/aromatic N) is 1. The molecule has 0 amide bonds. The first-order valence-electron chi connectivity index (χ1n) is 8.32. The number of carboxylic acids is 1. The summed E-state index contributed by atoms with van der Waals surface area (Å²) in [4.78, 5) is 14.8. The third kappa shape index (κ3) is 7.13. The quantitative estimate of drug-likeness (QED) is 0.615. The van der Waals surface area contributed by atoms with Crippen molar-refractivity contribution < 1.29 is 14.6 Å². The maximum Gasteiger partial charge on any atom is 0.303 e. The molecular formula is C19H24N2O3. The van der Waals surface area contributed by atoms with Crippen LogP contribution in [0.25, 0.3) is 0 Å². The Morgan fingerprint density at radius 2 is 1.92 bits per heavy atom. The van der Waals surface area contributed by atoms with E-state index in [4.69, 9.17) is 9.84 Å². The first-order valence-corrected chi connectivity index (χ1v) is 8.32. The Hall–Kier alpha value is -2.56. The van der Waals surface area contributed by atoms with Gasteiger partial charge in [0.25, 0.3) is 0 Å². The molecular weight excluding hydrogens is 304 g/mol. The predicted molar refractivity (Wildman–Crippen MR) is 94.5 cm³/mol.